The number of hydrogen-bond acceptors (Lipinski definition) is 3. The van der Waals surface area contributed by atoms with Crippen LogP contribution in [0.1, 0.15) is 48.8 Å². The highest BCUT2D eigenvalue weighted by molar-refractivity contribution is 7.32. The first-order valence-electron chi connectivity index (χ1n) is 9.96. The van der Waals surface area contributed by atoms with Crippen molar-refractivity contribution in [3.8, 4) is 0 Å². The number of hydrogen-bond donors (Lipinski definition) is 2. The van der Waals surface area contributed by atoms with Gasteiger partial charge in [-0.15, -0.1) is 9.42 Å². The van der Waals surface area contributed by atoms with Gasteiger partial charge in [-0.2, -0.15) is 0 Å². The first-order chi connectivity index (χ1) is 13.6. The molecule has 2 aromatic rings. The van der Waals surface area contributed by atoms with Gasteiger partial charge in [-0.1, -0.05) is 55.3 Å². The molecule has 6 heteroatoms. The van der Waals surface area contributed by atoms with Crippen LogP contribution in [0.4, 0.5) is 4.39 Å². The van der Waals surface area contributed by atoms with Crippen LogP contribution in [0.15, 0.2) is 48.5 Å². The van der Waals surface area contributed by atoms with Gasteiger partial charge in [0.1, 0.15) is 12.4 Å². The first kappa shape index (κ1) is 22.6. The Bertz CT molecular complexity index is 712. The van der Waals surface area contributed by atoms with Gasteiger partial charge in [-0.25, -0.2) is 4.39 Å². The largest absolute Gasteiger partial charge is 0.694 e. The third kappa shape index (κ3) is 9.52. The van der Waals surface area contributed by atoms with Crippen molar-refractivity contribution in [2.24, 2.45) is 0 Å². The highest BCUT2D eigenvalue weighted by Crippen LogP contribution is 2.16. The lowest BCUT2D eigenvalue weighted by atomic mass is 10.0. The summed E-state index contributed by atoms with van der Waals surface area (Å²) < 4.78 is 29.2. The van der Waals surface area contributed by atoms with Crippen molar-refractivity contribution in [1.82, 2.24) is 5.32 Å². The molecule has 0 heterocycles. The van der Waals surface area contributed by atoms with Gasteiger partial charge in [0.05, 0.1) is 0 Å². The van der Waals surface area contributed by atoms with Crippen LogP contribution in [0.2, 0.25) is 0 Å². The normalized spacial score (nSPS) is 11.6. The molecule has 1 unspecified atom stereocenters. The Morgan fingerprint density at radius 1 is 0.929 bits per heavy atom. The maximum absolute atomic E-state index is 14.3. The van der Waals surface area contributed by atoms with Crippen molar-refractivity contribution in [1.29, 1.82) is 0 Å². The van der Waals surface area contributed by atoms with Crippen LogP contribution in [0.3, 0.4) is 0 Å². The van der Waals surface area contributed by atoms with Crippen LogP contribution in [-0.2, 0) is 28.5 Å². The molecule has 0 bridgehead atoms. The van der Waals surface area contributed by atoms with E-state index in [1.54, 1.807) is 6.07 Å². The van der Waals surface area contributed by atoms with E-state index >= 15 is 0 Å². The molecule has 2 rings (SSSR count). The summed E-state index contributed by atoms with van der Waals surface area (Å²) in [5, 5.41) is 3.18. The number of nitrogens with one attached hydrogen (secondary N) is 1. The molecule has 28 heavy (non-hydrogen) atoms. The fourth-order valence-corrected chi connectivity index (χ4v) is 3.40. The average molecular weight is 406 g/mol. The molecule has 0 aliphatic carbocycles. The lowest BCUT2D eigenvalue weighted by Crippen LogP contribution is -2.16. The molecular formula is C22H30FNO3P+. The fourth-order valence-electron chi connectivity index (χ4n) is 3.12. The van der Waals surface area contributed by atoms with E-state index in [0.717, 1.165) is 36.8 Å². The summed E-state index contributed by atoms with van der Waals surface area (Å²) in [5.41, 5.74) is 3.07. The molecule has 0 aromatic heterocycles. The zero-order valence-corrected chi connectivity index (χ0v) is 17.2. The minimum atomic E-state index is -2.52. The topological polar surface area (TPSA) is 58.6 Å². The Morgan fingerprint density at radius 3 is 2.39 bits per heavy atom. The van der Waals surface area contributed by atoms with E-state index < -0.39 is 8.25 Å². The quantitative estimate of drug-likeness (QED) is 0.329. The SMILES string of the molecule is O=[P+](O)OCCCNCc1ccc(CCCCCCc2ccccc2)c(F)c1. The maximum Gasteiger partial charge on any atom is 0.694 e. The van der Waals surface area contributed by atoms with Crippen LogP contribution < -0.4 is 5.32 Å². The van der Waals surface area contributed by atoms with Crippen molar-refractivity contribution < 1.29 is 18.4 Å². The number of unbranched alkanes of at least 4 members (excludes halogenated alkanes) is 3. The molecule has 0 saturated heterocycles. The third-order valence-corrected chi connectivity index (χ3v) is 5.05. The van der Waals surface area contributed by atoms with Crippen LogP contribution in [0, 0.1) is 5.82 Å². The van der Waals surface area contributed by atoms with Crippen molar-refractivity contribution in [2.45, 2.75) is 51.5 Å². The number of benzene rings is 2. The second-order valence-electron chi connectivity index (χ2n) is 6.93. The molecule has 0 spiro atoms. The van der Waals surface area contributed by atoms with E-state index in [1.165, 1.54) is 18.4 Å². The molecule has 0 fully saturated rings. The Labute approximate surface area is 168 Å². The standard InChI is InChI=1S/C22H29FNO3P/c23-22-17-20(18-24-15-8-16-27-28(25)26)13-14-21(22)12-7-2-1-4-9-19-10-5-3-6-11-19/h3,5-6,10-11,13-14,17,24H,1-2,4,7-9,12,15-16,18H2/p+1. The van der Waals surface area contributed by atoms with Gasteiger partial charge in [-0.05, 0) is 61.4 Å². The highest BCUT2D eigenvalue weighted by atomic mass is 31.1. The summed E-state index contributed by atoms with van der Waals surface area (Å²) in [6.45, 7) is 1.45. The number of aryl methyl sites for hydroxylation is 2. The monoisotopic (exact) mass is 406 g/mol. The minimum absolute atomic E-state index is 0.135. The van der Waals surface area contributed by atoms with Crippen molar-refractivity contribution >= 4 is 8.25 Å². The second kappa shape index (κ2) is 13.5. The summed E-state index contributed by atoms with van der Waals surface area (Å²) >= 11 is 0. The summed E-state index contributed by atoms with van der Waals surface area (Å²) in [7, 11) is -2.52. The van der Waals surface area contributed by atoms with Crippen molar-refractivity contribution in [3.05, 3.63) is 71.0 Å². The molecule has 0 aliphatic heterocycles. The molecular weight excluding hydrogens is 376 g/mol. The Morgan fingerprint density at radius 2 is 1.68 bits per heavy atom. The van der Waals surface area contributed by atoms with Crippen LogP contribution >= 0.6 is 8.25 Å². The van der Waals surface area contributed by atoms with Gasteiger partial charge >= 0.3 is 8.25 Å². The van der Waals surface area contributed by atoms with E-state index in [-0.39, 0.29) is 12.4 Å². The van der Waals surface area contributed by atoms with Crippen molar-refractivity contribution in [2.75, 3.05) is 13.2 Å². The molecule has 4 nitrogen and oxygen atoms in total. The van der Waals surface area contributed by atoms with Crippen molar-refractivity contribution in [3.63, 3.8) is 0 Å². The molecule has 1 atom stereocenters. The predicted octanol–water partition coefficient (Wildman–Crippen LogP) is 5.32. The van der Waals surface area contributed by atoms with Crippen LogP contribution in [0.25, 0.3) is 0 Å². The van der Waals surface area contributed by atoms with E-state index in [0.29, 0.717) is 19.5 Å². The smallest absolute Gasteiger partial charge is 0.313 e. The summed E-state index contributed by atoms with van der Waals surface area (Å²) in [6.07, 6.45) is 7.01. The minimum Gasteiger partial charge on any atom is -0.313 e. The van der Waals surface area contributed by atoms with Crippen LogP contribution in [0.5, 0.6) is 0 Å². The summed E-state index contributed by atoms with van der Waals surface area (Å²) in [4.78, 5) is 8.52. The van der Waals surface area contributed by atoms with Gasteiger partial charge in [0.25, 0.3) is 0 Å². The molecule has 0 radical (unpaired) electrons. The van der Waals surface area contributed by atoms with Gasteiger partial charge in [-0.3, -0.25) is 0 Å². The second-order valence-corrected chi connectivity index (χ2v) is 7.66. The van der Waals surface area contributed by atoms with Gasteiger partial charge < -0.3 is 5.32 Å². The molecule has 0 aliphatic rings. The van der Waals surface area contributed by atoms with Gasteiger partial charge in [0, 0.05) is 11.1 Å². The van der Waals surface area contributed by atoms with E-state index in [2.05, 4.69) is 34.1 Å². The Kier molecular flexibility index (Phi) is 10.9. The first-order valence-corrected chi connectivity index (χ1v) is 11.1. The van der Waals surface area contributed by atoms with Gasteiger partial charge in [0.15, 0.2) is 0 Å². The molecule has 2 N–H and O–H groups in total. The lowest BCUT2D eigenvalue weighted by Gasteiger charge is -2.08. The third-order valence-electron chi connectivity index (χ3n) is 4.65. The number of halogens is 1. The predicted molar refractivity (Wildman–Crippen MR) is 111 cm³/mol. The Hall–Kier alpha value is -1.65. The molecule has 2 aromatic carbocycles. The Balaban J connectivity index is 1.58. The van der Waals surface area contributed by atoms with E-state index in [1.807, 2.05) is 18.2 Å². The fraction of sp³-hybridized carbons (Fsp3) is 0.455. The lowest BCUT2D eigenvalue weighted by molar-refractivity contribution is 0.276. The zero-order valence-electron chi connectivity index (χ0n) is 16.3. The molecule has 152 valence electrons. The summed E-state index contributed by atoms with van der Waals surface area (Å²) in [5.74, 6) is -0.135. The maximum atomic E-state index is 14.3. The van der Waals surface area contributed by atoms with Gasteiger partial charge in [0.2, 0.25) is 0 Å². The van der Waals surface area contributed by atoms with E-state index in [9.17, 15) is 8.96 Å². The molecule has 0 amide bonds. The average Bonchev–Trinajstić information content (AvgIpc) is 2.69. The van der Waals surface area contributed by atoms with E-state index in [4.69, 9.17) is 4.89 Å². The zero-order chi connectivity index (χ0) is 20.0. The molecule has 0 saturated carbocycles. The number of rotatable bonds is 14. The van der Waals surface area contributed by atoms with Crippen LogP contribution in [-0.4, -0.2) is 18.0 Å². The summed E-state index contributed by atoms with van der Waals surface area (Å²) in [6, 6.07) is 16.0. The highest BCUT2D eigenvalue weighted by Gasteiger charge is 2.10.